The molecule has 0 radical (unpaired) electrons. The van der Waals surface area contributed by atoms with E-state index < -0.39 is 11.8 Å². The second-order valence-electron chi connectivity index (χ2n) is 4.39. The first-order valence-electron chi connectivity index (χ1n) is 5.25. The summed E-state index contributed by atoms with van der Waals surface area (Å²) in [5.74, 6) is 0.0684. The minimum absolute atomic E-state index is 0.0150. The number of aliphatic hydroxyl groups is 1. The van der Waals surface area contributed by atoms with Crippen molar-refractivity contribution in [3.05, 3.63) is 35.4 Å². The van der Waals surface area contributed by atoms with E-state index in [4.69, 9.17) is 0 Å². The molecule has 4 heteroatoms. The molecule has 0 saturated heterocycles. The molecule has 16 heavy (non-hydrogen) atoms. The van der Waals surface area contributed by atoms with Gasteiger partial charge in [-0.15, -0.1) is 0 Å². The molecule has 0 heterocycles. The molecule has 1 aliphatic carbocycles. The van der Waals surface area contributed by atoms with Crippen molar-refractivity contribution >= 4 is 0 Å². The van der Waals surface area contributed by atoms with Gasteiger partial charge in [-0.2, -0.15) is 13.2 Å². The van der Waals surface area contributed by atoms with Crippen LogP contribution in [0.4, 0.5) is 13.2 Å². The monoisotopic (exact) mass is 230 g/mol. The van der Waals surface area contributed by atoms with Crippen molar-refractivity contribution in [2.45, 2.75) is 37.5 Å². The topological polar surface area (TPSA) is 20.2 Å². The Balaban J connectivity index is 2.58. The molecule has 0 aromatic heterocycles. The van der Waals surface area contributed by atoms with E-state index in [1.165, 1.54) is 12.1 Å². The van der Waals surface area contributed by atoms with Crippen LogP contribution in [0.1, 0.15) is 36.8 Å². The quantitative estimate of drug-likeness (QED) is 0.724. The van der Waals surface area contributed by atoms with Crippen LogP contribution in [-0.4, -0.2) is 11.3 Å². The van der Waals surface area contributed by atoms with Crippen LogP contribution in [0.2, 0.25) is 0 Å². The van der Waals surface area contributed by atoms with Crippen molar-refractivity contribution in [1.29, 1.82) is 0 Å². The molecule has 0 bridgehead atoms. The Labute approximate surface area is 91.9 Å². The largest absolute Gasteiger partial charge is 0.421 e. The first-order chi connectivity index (χ1) is 7.36. The van der Waals surface area contributed by atoms with Crippen molar-refractivity contribution < 1.29 is 18.3 Å². The zero-order valence-corrected chi connectivity index (χ0v) is 8.88. The highest BCUT2D eigenvalue weighted by molar-refractivity contribution is 5.38. The van der Waals surface area contributed by atoms with Crippen LogP contribution < -0.4 is 0 Å². The van der Waals surface area contributed by atoms with Crippen LogP contribution in [0.5, 0.6) is 0 Å². The van der Waals surface area contributed by atoms with E-state index in [1.807, 2.05) is 6.92 Å². The average molecular weight is 230 g/mol. The Bertz CT molecular complexity index is 399. The molecule has 0 fully saturated rings. The molecule has 0 amide bonds. The number of alkyl halides is 3. The predicted molar refractivity (Wildman–Crippen MR) is 54.0 cm³/mol. The van der Waals surface area contributed by atoms with E-state index in [9.17, 15) is 18.3 Å². The Hall–Kier alpha value is -1.03. The normalized spacial score (nSPS) is 29.9. The number of fused-ring (bicyclic) bond motifs is 1. The minimum atomic E-state index is -4.61. The van der Waals surface area contributed by atoms with Crippen LogP contribution >= 0.6 is 0 Å². The second-order valence-corrected chi connectivity index (χ2v) is 4.39. The third-order valence-corrected chi connectivity index (χ3v) is 3.35. The lowest BCUT2D eigenvalue weighted by molar-refractivity contribution is -0.272. The highest BCUT2D eigenvalue weighted by Crippen LogP contribution is 2.49. The number of hydrogen-bond acceptors (Lipinski definition) is 1. The van der Waals surface area contributed by atoms with Crippen molar-refractivity contribution in [3.63, 3.8) is 0 Å². The van der Waals surface area contributed by atoms with Gasteiger partial charge in [-0.25, -0.2) is 0 Å². The Morgan fingerprint density at radius 3 is 2.56 bits per heavy atom. The van der Waals surface area contributed by atoms with E-state index in [0.717, 1.165) is 0 Å². The molecule has 2 unspecified atom stereocenters. The maximum absolute atomic E-state index is 12.9. The molecule has 0 aliphatic heterocycles. The van der Waals surface area contributed by atoms with E-state index in [1.54, 1.807) is 12.1 Å². The molecule has 1 nitrogen and oxygen atoms in total. The summed E-state index contributed by atoms with van der Waals surface area (Å²) in [5, 5.41) is 9.85. The van der Waals surface area contributed by atoms with Gasteiger partial charge in [-0.3, -0.25) is 0 Å². The van der Waals surface area contributed by atoms with E-state index >= 15 is 0 Å². The lowest BCUT2D eigenvalue weighted by Gasteiger charge is -2.38. The number of benzene rings is 1. The molecule has 88 valence electrons. The first kappa shape index (κ1) is 11.5. The molecule has 1 N–H and O–H groups in total. The fraction of sp³-hybridized carbons (Fsp3) is 0.500. The Kier molecular flexibility index (Phi) is 2.49. The summed E-state index contributed by atoms with van der Waals surface area (Å²) in [6.07, 6.45) is -4.51. The van der Waals surface area contributed by atoms with E-state index in [0.29, 0.717) is 12.0 Å². The van der Waals surface area contributed by atoms with Gasteiger partial charge < -0.3 is 5.11 Å². The van der Waals surface area contributed by atoms with Crippen LogP contribution in [-0.2, 0) is 5.60 Å². The molecule has 1 aromatic rings. The average Bonchev–Trinajstić information content (AvgIpc) is 2.23. The summed E-state index contributed by atoms with van der Waals surface area (Å²) in [6.45, 7) is 1.88. The molecule has 2 rings (SSSR count). The van der Waals surface area contributed by atoms with Gasteiger partial charge >= 0.3 is 6.18 Å². The molecule has 1 aliphatic rings. The van der Waals surface area contributed by atoms with Gasteiger partial charge in [0, 0.05) is 0 Å². The Morgan fingerprint density at radius 2 is 1.94 bits per heavy atom. The molecule has 0 saturated carbocycles. The summed E-state index contributed by atoms with van der Waals surface area (Å²) in [7, 11) is 0. The maximum atomic E-state index is 12.9. The maximum Gasteiger partial charge on any atom is 0.421 e. The second kappa shape index (κ2) is 3.48. The first-order valence-corrected chi connectivity index (χ1v) is 5.25. The third kappa shape index (κ3) is 1.52. The Morgan fingerprint density at radius 1 is 1.31 bits per heavy atom. The zero-order valence-electron chi connectivity index (χ0n) is 8.88. The van der Waals surface area contributed by atoms with Gasteiger partial charge in [-0.1, -0.05) is 31.2 Å². The zero-order chi connectivity index (χ0) is 12.0. The lowest BCUT2D eigenvalue weighted by Crippen LogP contribution is -2.45. The minimum Gasteiger partial charge on any atom is -0.376 e. The van der Waals surface area contributed by atoms with Crippen molar-refractivity contribution in [2.24, 2.45) is 0 Å². The van der Waals surface area contributed by atoms with E-state index in [-0.39, 0.29) is 17.9 Å². The summed E-state index contributed by atoms with van der Waals surface area (Å²) >= 11 is 0. The molecular formula is C12H13F3O. The van der Waals surface area contributed by atoms with Gasteiger partial charge in [0.1, 0.15) is 0 Å². The number of hydrogen-bond donors (Lipinski definition) is 1. The highest BCUT2D eigenvalue weighted by atomic mass is 19.4. The number of rotatable bonds is 0. The molecule has 1 aromatic carbocycles. The fourth-order valence-electron chi connectivity index (χ4n) is 2.31. The van der Waals surface area contributed by atoms with Crippen molar-refractivity contribution in [1.82, 2.24) is 0 Å². The molecule has 0 spiro atoms. The highest BCUT2D eigenvalue weighted by Gasteiger charge is 2.56. The standard InChI is InChI=1S/C12H13F3O/c1-8-6-7-11(16,12(13,14)15)10-5-3-2-4-9(8)10/h2-5,8,16H,6-7H2,1H3. The van der Waals surface area contributed by atoms with Gasteiger partial charge in [-0.05, 0) is 29.9 Å². The van der Waals surface area contributed by atoms with E-state index in [2.05, 4.69) is 0 Å². The lowest BCUT2D eigenvalue weighted by atomic mass is 9.74. The van der Waals surface area contributed by atoms with Gasteiger partial charge in [0.05, 0.1) is 0 Å². The number of halogens is 3. The summed E-state index contributed by atoms with van der Waals surface area (Å²) in [4.78, 5) is 0. The summed E-state index contributed by atoms with van der Waals surface area (Å²) in [5.41, 5.74) is -2.05. The van der Waals surface area contributed by atoms with Crippen LogP contribution in [0, 0.1) is 0 Å². The fourth-order valence-corrected chi connectivity index (χ4v) is 2.31. The summed E-state index contributed by atoms with van der Waals surface area (Å²) < 4.78 is 38.6. The predicted octanol–water partition coefficient (Wildman–Crippen LogP) is 3.33. The summed E-state index contributed by atoms with van der Waals surface area (Å²) in [6, 6.07) is 6.28. The van der Waals surface area contributed by atoms with Crippen LogP contribution in [0.15, 0.2) is 24.3 Å². The van der Waals surface area contributed by atoms with Gasteiger partial charge in [0.25, 0.3) is 0 Å². The van der Waals surface area contributed by atoms with Gasteiger partial charge in [0.2, 0.25) is 0 Å². The molecular weight excluding hydrogens is 217 g/mol. The SMILES string of the molecule is CC1CCC(O)(C(F)(F)F)c2ccccc21. The van der Waals surface area contributed by atoms with Crippen LogP contribution in [0.25, 0.3) is 0 Å². The molecule has 2 atom stereocenters. The smallest absolute Gasteiger partial charge is 0.376 e. The van der Waals surface area contributed by atoms with Crippen molar-refractivity contribution in [3.8, 4) is 0 Å². The van der Waals surface area contributed by atoms with Crippen LogP contribution in [0.3, 0.4) is 0 Å². The van der Waals surface area contributed by atoms with Crippen molar-refractivity contribution in [2.75, 3.05) is 0 Å². The van der Waals surface area contributed by atoms with Gasteiger partial charge in [0.15, 0.2) is 5.60 Å². The third-order valence-electron chi connectivity index (χ3n) is 3.35.